The minimum atomic E-state index is -0.942. The Kier molecular flexibility index (Phi) is 24.3. The van der Waals surface area contributed by atoms with E-state index in [1.165, 1.54) is 25.1 Å². The van der Waals surface area contributed by atoms with Crippen LogP contribution in [0.1, 0.15) is 64.4 Å². The third-order valence-corrected chi connectivity index (χ3v) is 8.65. The van der Waals surface area contributed by atoms with Crippen LogP contribution in [0.3, 0.4) is 0 Å². The standard InChI is InChI=1S/C39H64N6O11/c1-39(2,29-46)27-36(49)44-33(14-15-37(50)45(3)52-4)38(51)42-18-20-54-22-24-56-26-25-55-23-21-53-19-17-41-35(48)13-8-16-40-34(47)12-7-9-30-28-43-32-11-6-5-10-31(30)32/h5-6,10-11,28,33,43,46H,7-9,12-27,29H2,1-4H3,(H,40,47)(H,41,48)(H,42,51)(H,44,49)/t33-/m1/s1. The van der Waals surface area contributed by atoms with E-state index in [9.17, 15) is 29.1 Å². The molecule has 1 atom stereocenters. The molecule has 1 aromatic heterocycles. The van der Waals surface area contributed by atoms with Crippen molar-refractivity contribution >= 4 is 40.4 Å². The third-order valence-electron chi connectivity index (χ3n) is 8.65. The van der Waals surface area contributed by atoms with Crippen LogP contribution in [-0.2, 0) is 54.2 Å². The van der Waals surface area contributed by atoms with Gasteiger partial charge in [0.05, 0.1) is 60.0 Å². The van der Waals surface area contributed by atoms with Gasteiger partial charge in [-0.15, -0.1) is 0 Å². The molecule has 56 heavy (non-hydrogen) atoms. The number of nitrogens with one attached hydrogen (secondary N) is 5. The van der Waals surface area contributed by atoms with Crippen molar-refractivity contribution in [1.29, 1.82) is 0 Å². The summed E-state index contributed by atoms with van der Waals surface area (Å²) in [5.41, 5.74) is 1.66. The number of hydroxylamine groups is 2. The Labute approximate surface area is 330 Å². The molecule has 2 aromatic rings. The van der Waals surface area contributed by atoms with Gasteiger partial charge in [-0.25, -0.2) is 5.06 Å². The summed E-state index contributed by atoms with van der Waals surface area (Å²) in [5.74, 6) is -1.29. The predicted molar refractivity (Wildman–Crippen MR) is 209 cm³/mol. The van der Waals surface area contributed by atoms with Gasteiger partial charge in [-0.05, 0) is 42.7 Å². The molecule has 316 valence electrons. The number of hydrogen-bond acceptors (Lipinski definition) is 11. The normalized spacial score (nSPS) is 11.9. The molecule has 0 radical (unpaired) electrons. The van der Waals surface area contributed by atoms with Crippen molar-refractivity contribution in [3.8, 4) is 0 Å². The van der Waals surface area contributed by atoms with E-state index in [1.807, 2.05) is 24.4 Å². The summed E-state index contributed by atoms with van der Waals surface area (Å²) in [5, 5.41) is 22.8. The summed E-state index contributed by atoms with van der Waals surface area (Å²) in [6, 6.07) is 7.18. The van der Waals surface area contributed by atoms with E-state index in [0.29, 0.717) is 78.6 Å². The van der Waals surface area contributed by atoms with Crippen LogP contribution >= 0.6 is 0 Å². The number of carbonyl (C=O) groups excluding carboxylic acids is 5. The Balaban J connectivity index is 1.39. The number of carbonyl (C=O) groups is 5. The third kappa shape index (κ3) is 21.2. The SMILES string of the molecule is CON(C)C(=O)CC[C@@H](NC(=O)CC(C)(C)CO)C(=O)NCCOCCOCCOCCOCCNC(=O)CCCNC(=O)CCCc1c[nH]c2ccccc12. The molecule has 6 N–H and O–H groups in total. The average Bonchev–Trinajstić information content (AvgIpc) is 3.59. The number of H-pyrrole nitrogens is 1. The van der Waals surface area contributed by atoms with Gasteiger partial charge in [-0.2, -0.15) is 0 Å². The Bertz CT molecular complexity index is 1450. The lowest BCUT2D eigenvalue weighted by Gasteiger charge is -2.24. The largest absolute Gasteiger partial charge is 0.396 e. The molecule has 0 saturated carbocycles. The lowest BCUT2D eigenvalue weighted by atomic mass is 9.90. The molecule has 0 saturated heterocycles. The number of fused-ring (bicyclic) bond motifs is 1. The van der Waals surface area contributed by atoms with Gasteiger partial charge in [0, 0.05) is 76.1 Å². The zero-order chi connectivity index (χ0) is 41.0. The summed E-state index contributed by atoms with van der Waals surface area (Å²) in [7, 11) is 2.82. The fourth-order valence-corrected chi connectivity index (χ4v) is 5.36. The van der Waals surface area contributed by atoms with E-state index in [4.69, 9.17) is 23.8 Å². The number of rotatable bonds is 32. The van der Waals surface area contributed by atoms with Crippen LogP contribution < -0.4 is 21.3 Å². The molecule has 0 spiro atoms. The van der Waals surface area contributed by atoms with Crippen molar-refractivity contribution in [2.24, 2.45) is 5.41 Å². The van der Waals surface area contributed by atoms with Crippen LogP contribution in [0.2, 0.25) is 0 Å². The second-order valence-corrected chi connectivity index (χ2v) is 14.0. The molecular weight excluding hydrogens is 728 g/mol. The first-order chi connectivity index (χ1) is 27.0. The van der Waals surface area contributed by atoms with Gasteiger partial charge in [0.15, 0.2) is 0 Å². The second-order valence-electron chi connectivity index (χ2n) is 14.0. The number of benzene rings is 1. The number of aryl methyl sites for hydroxylation is 1. The first kappa shape index (κ1) is 48.0. The van der Waals surface area contributed by atoms with Crippen LogP contribution in [0.5, 0.6) is 0 Å². The first-order valence-corrected chi connectivity index (χ1v) is 19.3. The van der Waals surface area contributed by atoms with Gasteiger partial charge in [0.25, 0.3) is 0 Å². The summed E-state index contributed by atoms with van der Waals surface area (Å²) in [6.07, 6.45) is 5.00. The van der Waals surface area contributed by atoms with Gasteiger partial charge in [0.1, 0.15) is 6.04 Å². The highest BCUT2D eigenvalue weighted by Crippen LogP contribution is 2.20. The highest BCUT2D eigenvalue weighted by molar-refractivity contribution is 5.88. The van der Waals surface area contributed by atoms with Crippen molar-refractivity contribution in [3.63, 3.8) is 0 Å². The van der Waals surface area contributed by atoms with Crippen LogP contribution in [-0.4, -0.2) is 144 Å². The molecule has 0 aliphatic heterocycles. The van der Waals surface area contributed by atoms with Gasteiger partial charge in [0.2, 0.25) is 29.5 Å². The Morgan fingerprint density at radius 1 is 0.768 bits per heavy atom. The number of aliphatic hydroxyl groups excluding tert-OH is 1. The van der Waals surface area contributed by atoms with Crippen LogP contribution in [0.25, 0.3) is 10.9 Å². The number of amides is 5. The van der Waals surface area contributed by atoms with Gasteiger partial charge >= 0.3 is 0 Å². The van der Waals surface area contributed by atoms with Crippen LogP contribution in [0, 0.1) is 5.41 Å². The first-order valence-electron chi connectivity index (χ1n) is 19.3. The van der Waals surface area contributed by atoms with Crippen LogP contribution in [0.15, 0.2) is 30.5 Å². The highest BCUT2D eigenvalue weighted by Gasteiger charge is 2.26. The van der Waals surface area contributed by atoms with Crippen molar-refractivity contribution in [2.45, 2.75) is 71.3 Å². The highest BCUT2D eigenvalue weighted by atomic mass is 16.7. The Hall–Kier alpha value is -4.13. The fraction of sp³-hybridized carbons (Fsp3) is 0.667. The smallest absolute Gasteiger partial charge is 0.245 e. The minimum absolute atomic E-state index is 0.00636. The molecule has 5 amide bonds. The van der Waals surface area contributed by atoms with Gasteiger partial charge < -0.3 is 50.3 Å². The van der Waals surface area contributed by atoms with Crippen molar-refractivity contribution in [2.75, 3.05) is 93.3 Å². The van der Waals surface area contributed by atoms with Gasteiger partial charge in [-0.1, -0.05) is 32.0 Å². The zero-order valence-electron chi connectivity index (χ0n) is 33.6. The quantitative estimate of drug-likeness (QED) is 0.0459. The summed E-state index contributed by atoms with van der Waals surface area (Å²) in [4.78, 5) is 69.8. The maximum Gasteiger partial charge on any atom is 0.245 e. The zero-order valence-corrected chi connectivity index (χ0v) is 33.6. The number of aromatic amines is 1. The van der Waals surface area contributed by atoms with E-state index in [-0.39, 0.29) is 56.7 Å². The van der Waals surface area contributed by atoms with Gasteiger partial charge in [-0.3, -0.25) is 28.8 Å². The molecule has 0 aliphatic rings. The van der Waals surface area contributed by atoms with E-state index in [1.54, 1.807) is 13.8 Å². The molecule has 0 unspecified atom stereocenters. The van der Waals surface area contributed by atoms with E-state index in [2.05, 4.69) is 32.3 Å². The molecule has 17 heteroatoms. The van der Waals surface area contributed by atoms with Crippen LogP contribution in [0.4, 0.5) is 0 Å². The monoisotopic (exact) mass is 792 g/mol. The molecule has 0 fully saturated rings. The number of aliphatic hydroxyl groups is 1. The maximum absolute atomic E-state index is 12.8. The van der Waals surface area contributed by atoms with Crippen molar-refractivity contribution < 1.29 is 52.9 Å². The molecule has 0 aliphatic carbocycles. The summed E-state index contributed by atoms with van der Waals surface area (Å²) in [6.45, 7) is 7.05. The molecule has 2 rings (SSSR count). The number of hydrogen-bond donors (Lipinski definition) is 6. The predicted octanol–water partition coefficient (Wildman–Crippen LogP) is 1.38. The number of nitrogens with zero attached hydrogens (tertiary/aromatic N) is 1. The molecule has 1 heterocycles. The second kappa shape index (κ2) is 28.3. The van der Waals surface area contributed by atoms with E-state index < -0.39 is 23.3 Å². The van der Waals surface area contributed by atoms with E-state index >= 15 is 0 Å². The Morgan fingerprint density at radius 3 is 1.96 bits per heavy atom. The number of ether oxygens (including phenoxy) is 4. The van der Waals surface area contributed by atoms with E-state index in [0.717, 1.165) is 23.4 Å². The minimum Gasteiger partial charge on any atom is -0.396 e. The topological polar surface area (TPSA) is 219 Å². The number of para-hydroxylation sites is 1. The fourth-order valence-electron chi connectivity index (χ4n) is 5.36. The summed E-state index contributed by atoms with van der Waals surface area (Å²) < 4.78 is 21.9. The van der Waals surface area contributed by atoms with Crippen molar-refractivity contribution in [1.82, 2.24) is 31.3 Å². The lowest BCUT2D eigenvalue weighted by Crippen LogP contribution is -2.48. The maximum atomic E-state index is 12.8. The Morgan fingerprint density at radius 2 is 1.34 bits per heavy atom. The molecular formula is C39H64N6O11. The molecule has 1 aromatic carbocycles. The average molecular weight is 793 g/mol. The molecule has 0 bridgehead atoms. The lowest BCUT2D eigenvalue weighted by molar-refractivity contribution is -0.168. The van der Waals surface area contributed by atoms with Crippen molar-refractivity contribution in [3.05, 3.63) is 36.0 Å². The molecule has 17 nitrogen and oxygen atoms in total. The summed E-state index contributed by atoms with van der Waals surface area (Å²) >= 11 is 0. The number of aromatic nitrogens is 1.